The Balaban J connectivity index is 1.34. The normalized spacial score (nSPS) is 14.8. The Labute approximate surface area is 208 Å². The first kappa shape index (κ1) is 23.3. The van der Waals surface area contributed by atoms with Gasteiger partial charge in [-0.3, -0.25) is 19.1 Å². The molecule has 0 amide bonds. The Morgan fingerprint density at radius 2 is 1.83 bits per heavy atom. The van der Waals surface area contributed by atoms with E-state index in [1.807, 2.05) is 22.9 Å². The monoisotopic (exact) mass is 512 g/mol. The van der Waals surface area contributed by atoms with Crippen molar-refractivity contribution in [3.63, 3.8) is 0 Å². The van der Waals surface area contributed by atoms with E-state index in [-0.39, 0.29) is 4.90 Å². The highest BCUT2D eigenvalue weighted by molar-refractivity contribution is 7.92. The Morgan fingerprint density at radius 1 is 1.06 bits per heavy atom. The minimum Gasteiger partial charge on any atom is -0.497 e. The molecule has 0 aliphatic carbocycles. The van der Waals surface area contributed by atoms with Crippen molar-refractivity contribution in [3.05, 3.63) is 71.7 Å². The highest BCUT2D eigenvalue weighted by Gasteiger charge is 2.24. The molecule has 182 valence electrons. The minimum absolute atomic E-state index is 0.134. The van der Waals surface area contributed by atoms with Crippen LogP contribution in [0.5, 0.6) is 5.75 Å². The van der Waals surface area contributed by atoms with Crippen LogP contribution in [0.2, 0.25) is 0 Å². The van der Waals surface area contributed by atoms with Gasteiger partial charge in [0.25, 0.3) is 20.7 Å². The summed E-state index contributed by atoms with van der Waals surface area (Å²) in [5.74, 6) is 1.74. The van der Waals surface area contributed by atoms with Gasteiger partial charge in [0.1, 0.15) is 5.75 Å². The Morgan fingerprint density at radius 3 is 2.51 bits per heavy atom. The van der Waals surface area contributed by atoms with Crippen LogP contribution in [0.3, 0.4) is 0 Å². The zero-order valence-corrected chi connectivity index (χ0v) is 20.8. The standard InChI is InChI=1S/C24H25N5O4S2/c1-32-19-7-5-18(6-8-19)26-35(30,31)20-9-10-22-21(16-20)29(24(34)33-22)17-27-12-14-28(15-13-27)23-4-2-3-11-25-23/h2-11,16,26H,12-15,17H2,1H3/p+1. The van der Waals surface area contributed by atoms with Gasteiger partial charge in [0.15, 0.2) is 5.58 Å². The van der Waals surface area contributed by atoms with E-state index < -0.39 is 10.0 Å². The molecule has 2 N–H and O–H groups in total. The average Bonchev–Trinajstić information content (AvgIpc) is 3.19. The maximum absolute atomic E-state index is 13.1. The van der Waals surface area contributed by atoms with Crippen LogP contribution < -0.4 is 19.3 Å². The number of anilines is 2. The van der Waals surface area contributed by atoms with E-state index >= 15 is 0 Å². The Kier molecular flexibility index (Phi) is 6.46. The number of methoxy groups -OCH3 is 1. The molecule has 11 heteroatoms. The second-order valence-electron chi connectivity index (χ2n) is 8.25. The Bertz CT molecular complexity index is 1480. The number of nitrogens with one attached hydrogen (secondary N) is 2. The molecule has 0 saturated carbocycles. The molecule has 4 aromatic rings. The quantitative estimate of drug-likeness (QED) is 0.380. The Hall–Kier alpha value is -3.41. The second-order valence-corrected chi connectivity index (χ2v) is 10.3. The number of hydrogen-bond acceptors (Lipinski definition) is 7. The van der Waals surface area contributed by atoms with Crippen molar-refractivity contribution in [1.82, 2.24) is 9.47 Å². The smallest absolute Gasteiger partial charge is 0.274 e. The van der Waals surface area contributed by atoms with E-state index in [2.05, 4.69) is 25.6 Å². The lowest BCUT2D eigenvalue weighted by atomic mass is 10.3. The molecule has 1 fully saturated rings. The van der Waals surface area contributed by atoms with E-state index in [1.165, 1.54) is 6.07 Å². The minimum atomic E-state index is -3.81. The van der Waals surface area contributed by atoms with Gasteiger partial charge >= 0.3 is 0 Å². The van der Waals surface area contributed by atoms with Crippen LogP contribution in [0.1, 0.15) is 0 Å². The summed E-state index contributed by atoms with van der Waals surface area (Å²) < 4.78 is 41.4. The molecule has 2 aromatic carbocycles. The number of pyridine rings is 1. The van der Waals surface area contributed by atoms with Gasteiger partial charge in [-0.1, -0.05) is 6.07 Å². The van der Waals surface area contributed by atoms with Crippen molar-refractivity contribution in [2.45, 2.75) is 11.6 Å². The number of hydrogen-bond donors (Lipinski definition) is 1. The van der Waals surface area contributed by atoms with Gasteiger partial charge in [-0.2, -0.15) is 0 Å². The van der Waals surface area contributed by atoms with Crippen molar-refractivity contribution in [2.24, 2.45) is 0 Å². The van der Waals surface area contributed by atoms with Gasteiger partial charge in [0.2, 0.25) is 0 Å². The maximum Gasteiger partial charge on any atom is 0.274 e. The molecule has 0 radical (unpaired) electrons. The molecule has 1 aliphatic rings. The predicted octanol–water partition coefficient (Wildman–Crippen LogP) is 3.37. The molecule has 35 heavy (non-hydrogen) atoms. The number of piperazine rings is 1. The average molecular weight is 513 g/mol. The first-order valence-corrected chi connectivity index (χ1v) is 13.1. The van der Waals surface area contributed by atoms with Gasteiger partial charge in [-0.05, 0) is 60.7 Å². The fourth-order valence-corrected chi connectivity index (χ4v) is 5.45. The summed E-state index contributed by atoms with van der Waals surface area (Å²) in [6.45, 7) is 3.94. The van der Waals surface area contributed by atoms with Crippen molar-refractivity contribution in [3.8, 4) is 5.75 Å². The molecule has 0 atom stereocenters. The van der Waals surface area contributed by atoms with Crippen LogP contribution in [-0.2, 0) is 16.7 Å². The summed E-state index contributed by atoms with van der Waals surface area (Å²) in [6, 6.07) is 17.5. The number of H-pyrrole nitrogens is 1. The van der Waals surface area contributed by atoms with Crippen LogP contribution in [0.15, 0.2) is 76.2 Å². The molecule has 5 rings (SSSR count). The zero-order chi connectivity index (χ0) is 24.4. The fourth-order valence-electron chi connectivity index (χ4n) is 4.13. The molecule has 9 nitrogen and oxygen atoms in total. The van der Waals surface area contributed by atoms with Gasteiger partial charge in [-0.15, -0.1) is 0 Å². The third-order valence-electron chi connectivity index (χ3n) is 6.04. The lowest BCUT2D eigenvalue weighted by molar-refractivity contribution is -0.364. The number of aromatic nitrogens is 2. The van der Waals surface area contributed by atoms with E-state index in [4.69, 9.17) is 21.4 Å². The summed E-state index contributed by atoms with van der Waals surface area (Å²) in [5.41, 5.74) is 1.64. The number of rotatable bonds is 7. The number of nitrogens with zero attached hydrogens (tertiary/aromatic N) is 3. The topological polar surface area (TPSA) is 94.1 Å². The molecule has 3 heterocycles. The van der Waals surface area contributed by atoms with Crippen molar-refractivity contribution in [2.75, 3.05) is 42.9 Å². The highest BCUT2D eigenvalue weighted by atomic mass is 32.2. The lowest BCUT2D eigenvalue weighted by Gasteiger charge is -2.30. The van der Waals surface area contributed by atoms with Gasteiger partial charge in [-0.25, -0.2) is 13.4 Å². The van der Waals surface area contributed by atoms with Crippen molar-refractivity contribution in [1.29, 1.82) is 0 Å². The van der Waals surface area contributed by atoms with Crippen LogP contribution in [0.4, 0.5) is 11.5 Å². The van der Waals surface area contributed by atoms with Crippen molar-refractivity contribution >= 4 is 44.8 Å². The fraction of sp³-hybridized carbons (Fsp3) is 0.250. The molecule has 0 unspecified atom stereocenters. The van der Waals surface area contributed by atoms with E-state index in [9.17, 15) is 8.42 Å². The summed E-state index contributed by atoms with van der Waals surface area (Å²) in [5, 5.41) is 0. The van der Waals surface area contributed by atoms with Gasteiger partial charge in [0.05, 0.1) is 43.5 Å². The number of ether oxygens (including phenoxy) is 1. The number of fused-ring (bicyclic) bond motifs is 1. The second kappa shape index (κ2) is 9.68. The largest absolute Gasteiger partial charge is 0.497 e. The van der Waals surface area contributed by atoms with E-state index in [0.29, 0.717) is 34.0 Å². The van der Waals surface area contributed by atoms with Crippen molar-refractivity contribution < 1.29 is 22.6 Å². The van der Waals surface area contributed by atoms with Gasteiger partial charge < -0.3 is 9.15 Å². The maximum atomic E-state index is 13.1. The molecule has 0 spiro atoms. The number of oxazole rings is 1. The highest BCUT2D eigenvalue weighted by Crippen LogP contribution is 2.25. The zero-order valence-electron chi connectivity index (χ0n) is 19.2. The molecule has 2 aromatic heterocycles. The van der Waals surface area contributed by atoms with Crippen LogP contribution in [0, 0.1) is 4.84 Å². The SMILES string of the molecule is COc1ccc(NS(=O)(=O)c2ccc3oc(=S)n(CN4CCN(c5cccc[nH+]5)CC4)c3c2)cc1. The summed E-state index contributed by atoms with van der Waals surface area (Å²) in [4.78, 5) is 8.31. The molecular weight excluding hydrogens is 486 g/mol. The molecular formula is C24H26N5O4S2+. The number of aromatic amines is 1. The third-order valence-corrected chi connectivity index (χ3v) is 7.72. The first-order chi connectivity index (χ1) is 16.9. The summed E-state index contributed by atoms with van der Waals surface area (Å²) >= 11 is 5.46. The summed E-state index contributed by atoms with van der Waals surface area (Å²) in [7, 11) is -2.25. The summed E-state index contributed by atoms with van der Waals surface area (Å²) in [6.07, 6.45) is 1.92. The van der Waals surface area contributed by atoms with Crippen LogP contribution in [-0.4, -0.2) is 51.2 Å². The van der Waals surface area contributed by atoms with E-state index in [0.717, 1.165) is 32.0 Å². The lowest BCUT2D eigenvalue weighted by Crippen LogP contribution is -2.48. The third kappa shape index (κ3) is 5.02. The first-order valence-electron chi connectivity index (χ1n) is 11.2. The van der Waals surface area contributed by atoms with Gasteiger partial charge in [0, 0.05) is 24.8 Å². The van der Waals surface area contributed by atoms with Crippen LogP contribution in [0.25, 0.3) is 11.1 Å². The van der Waals surface area contributed by atoms with E-state index in [1.54, 1.807) is 43.5 Å². The number of sulfonamides is 1. The van der Waals surface area contributed by atoms with Crippen LogP contribution >= 0.6 is 12.2 Å². The predicted molar refractivity (Wildman–Crippen MR) is 136 cm³/mol. The number of benzene rings is 2. The molecule has 1 aliphatic heterocycles. The molecule has 1 saturated heterocycles. The molecule has 0 bridgehead atoms.